The number of benzene rings is 1. The van der Waals surface area contributed by atoms with Crippen molar-refractivity contribution in [3.05, 3.63) is 65.7 Å². The van der Waals surface area contributed by atoms with Crippen LogP contribution in [0.5, 0.6) is 0 Å². The number of carbonyl (C=O) groups is 2. The molecule has 0 aliphatic rings. The molecule has 0 spiro atoms. The molecule has 0 fully saturated rings. The Labute approximate surface area is 156 Å². The van der Waals surface area contributed by atoms with Gasteiger partial charge in [0.25, 0.3) is 0 Å². The molecule has 2 heterocycles. The van der Waals surface area contributed by atoms with Crippen molar-refractivity contribution in [2.24, 2.45) is 5.92 Å². The standard InChI is InChI=1S/C21H21FN2O3/c1-3-17(25)19(21(26)27-4-2)18(13-7-9-14(22)10-8-13)16-12-24-20-15(16)6-5-11-23-20/h5-12,18-19H,3-4H2,1-2H3,(H,23,24). The van der Waals surface area contributed by atoms with Gasteiger partial charge >= 0.3 is 5.97 Å². The zero-order chi connectivity index (χ0) is 19.4. The summed E-state index contributed by atoms with van der Waals surface area (Å²) in [5, 5.41) is 0.810. The summed E-state index contributed by atoms with van der Waals surface area (Å²) in [6.45, 7) is 3.60. The number of carbonyl (C=O) groups excluding carboxylic acids is 2. The van der Waals surface area contributed by atoms with Gasteiger partial charge in [-0.2, -0.15) is 0 Å². The normalized spacial score (nSPS) is 13.3. The van der Waals surface area contributed by atoms with E-state index in [2.05, 4.69) is 9.97 Å². The lowest BCUT2D eigenvalue weighted by molar-refractivity contribution is -0.152. The maximum atomic E-state index is 13.5. The van der Waals surface area contributed by atoms with E-state index in [1.807, 2.05) is 6.07 Å². The number of Topliss-reactive ketones (excluding diaryl/α,β-unsaturated/α-hetero) is 1. The first kappa shape index (κ1) is 18.8. The highest BCUT2D eigenvalue weighted by molar-refractivity contribution is 6.01. The third kappa shape index (κ3) is 3.74. The van der Waals surface area contributed by atoms with Gasteiger partial charge in [-0.1, -0.05) is 19.1 Å². The van der Waals surface area contributed by atoms with E-state index in [0.717, 1.165) is 10.9 Å². The van der Waals surface area contributed by atoms with Crippen LogP contribution >= 0.6 is 0 Å². The minimum absolute atomic E-state index is 0.178. The van der Waals surface area contributed by atoms with Crippen LogP contribution in [0.25, 0.3) is 11.0 Å². The summed E-state index contributed by atoms with van der Waals surface area (Å²) in [6, 6.07) is 9.53. The zero-order valence-corrected chi connectivity index (χ0v) is 15.2. The largest absolute Gasteiger partial charge is 0.465 e. The van der Waals surface area contributed by atoms with Crippen LogP contribution in [0.3, 0.4) is 0 Å². The van der Waals surface area contributed by atoms with E-state index in [9.17, 15) is 14.0 Å². The van der Waals surface area contributed by atoms with Crippen LogP contribution in [-0.4, -0.2) is 28.3 Å². The Hall–Kier alpha value is -3.02. The maximum Gasteiger partial charge on any atom is 0.317 e. The van der Waals surface area contributed by atoms with Crippen LogP contribution in [0.4, 0.5) is 4.39 Å². The van der Waals surface area contributed by atoms with Crippen molar-refractivity contribution in [3.63, 3.8) is 0 Å². The Kier molecular flexibility index (Phi) is 5.64. The molecule has 5 nitrogen and oxygen atoms in total. The summed E-state index contributed by atoms with van der Waals surface area (Å²) >= 11 is 0. The van der Waals surface area contributed by atoms with Crippen LogP contribution in [0.1, 0.15) is 37.3 Å². The third-order valence-electron chi connectivity index (χ3n) is 4.62. The Balaban J connectivity index is 2.21. The number of halogens is 1. The van der Waals surface area contributed by atoms with Crippen LogP contribution in [-0.2, 0) is 14.3 Å². The fourth-order valence-corrected chi connectivity index (χ4v) is 3.36. The molecule has 0 saturated carbocycles. The SMILES string of the molecule is CCOC(=O)C(C(=O)CC)C(c1ccc(F)cc1)c1c[nH]c2ncccc12. The highest BCUT2D eigenvalue weighted by Crippen LogP contribution is 2.37. The molecule has 27 heavy (non-hydrogen) atoms. The number of esters is 1. The quantitative estimate of drug-likeness (QED) is 0.505. The monoisotopic (exact) mass is 368 g/mol. The number of ether oxygens (including phenoxy) is 1. The summed E-state index contributed by atoms with van der Waals surface area (Å²) in [6.07, 6.45) is 3.61. The Morgan fingerprint density at radius 3 is 2.59 bits per heavy atom. The maximum absolute atomic E-state index is 13.5. The molecule has 2 unspecified atom stereocenters. The molecule has 0 amide bonds. The van der Waals surface area contributed by atoms with E-state index >= 15 is 0 Å². The number of ketones is 1. The lowest BCUT2D eigenvalue weighted by Gasteiger charge is -2.25. The smallest absolute Gasteiger partial charge is 0.317 e. The number of fused-ring (bicyclic) bond motifs is 1. The van der Waals surface area contributed by atoms with Gasteiger partial charge in [-0.15, -0.1) is 0 Å². The number of H-pyrrole nitrogens is 1. The minimum Gasteiger partial charge on any atom is -0.465 e. The Morgan fingerprint density at radius 1 is 1.19 bits per heavy atom. The van der Waals surface area contributed by atoms with Gasteiger partial charge < -0.3 is 9.72 Å². The first-order valence-electron chi connectivity index (χ1n) is 8.93. The number of hydrogen-bond acceptors (Lipinski definition) is 4. The molecule has 1 aromatic carbocycles. The fourth-order valence-electron chi connectivity index (χ4n) is 3.36. The molecule has 0 saturated heterocycles. The van der Waals surface area contributed by atoms with Gasteiger partial charge in [-0.05, 0) is 42.3 Å². The lowest BCUT2D eigenvalue weighted by atomic mass is 9.78. The van der Waals surface area contributed by atoms with Crippen molar-refractivity contribution in [2.45, 2.75) is 26.2 Å². The predicted molar refractivity (Wildman–Crippen MR) is 99.8 cm³/mol. The Morgan fingerprint density at radius 2 is 1.93 bits per heavy atom. The van der Waals surface area contributed by atoms with E-state index in [0.29, 0.717) is 11.2 Å². The van der Waals surface area contributed by atoms with Crippen LogP contribution in [0.2, 0.25) is 0 Å². The van der Waals surface area contributed by atoms with Crippen molar-refractivity contribution < 1.29 is 18.7 Å². The highest BCUT2D eigenvalue weighted by atomic mass is 19.1. The van der Waals surface area contributed by atoms with Crippen LogP contribution in [0.15, 0.2) is 48.8 Å². The number of aromatic amines is 1. The van der Waals surface area contributed by atoms with Gasteiger partial charge in [0.2, 0.25) is 0 Å². The molecule has 2 aromatic heterocycles. The number of rotatable bonds is 7. The van der Waals surface area contributed by atoms with Crippen molar-refractivity contribution in [1.82, 2.24) is 9.97 Å². The van der Waals surface area contributed by atoms with E-state index < -0.39 is 17.8 Å². The highest BCUT2D eigenvalue weighted by Gasteiger charge is 2.38. The lowest BCUT2D eigenvalue weighted by Crippen LogP contribution is -2.32. The molecular weight excluding hydrogens is 347 g/mol. The summed E-state index contributed by atoms with van der Waals surface area (Å²) < 4.78 is 18.7. The third-order valence-corrected chi connectivity index (χ3v) is 4.62. The van der Waals surface area contributed by atoms with Crippen LogP contribution in [0, 0.1) is 11.7 Å². The summed E-state index contributed by atoms with van der Waals surface area (Å²) in [7, 11) is 0. The first-order chi connectivity index (χ1) is 13.1. The number of nitrogens with one attached hydrogen (secondary N) is 1. The Bertz CT molecular complexity index is 949. The van der Waals surface area contributed by atoms with E-state index in [-0.39, 0.29) is 24.6 Å². The van der Waals surface area contributed by atoms with Gasteiger partial charge in [0.15, 0.2) is 0 Å². The molecule has 2 atom stereocenters. The van der Waals surface area contributed by atoms with Crippen molar-refractivity contribution >= 4 is 22.8 Å². The second-order valence-corrected chi connectivity index (χ2v) is 6.22. The molecule has 140 valence electrons. The molecule has 0 radical (unpaired) electrons. The molecule has 0 aliphatic carbocycles. The van der Waals surface area contributed by atoms with E-state index in [1.54, 1.807) is 44.4 Å². The fraction of sp³-hybridized carbons (Fsp3) is 0.286. The van der Waals surface area contributed by atoms with Gasteiger partial charge in [0, 0.05) is 30.1 Å². The van der Waals surface area contributed by atoms with Gasteiger partial charge in [0.1, 0.15) is 23.2 Å². The molecule has 0 bridgehead atoms. The van der Waals surface area contributed by atoms with Gasteiger partial charge in [-0.25, -0.2) is 9.37 Å². The number of nitrogens with zero attached hydrogens (tertiary/aromatic N) is 1. The average molecular weight is 368 g/mol. The van der Waals surface area contributed by atoms with Gasteiger partial charge in [0.05, 0.1) is 6.61 Å². The van der Waals surface area contributed by atoms with Gasteiger partial charge in [-0.3, -0.25) is 9.59 Å². The van der Waals surface area contributed by atoms with E-state index in [4.69, 9.17) is 4.74 Å². The summed E-state index contributed by atoms with van der Waals surface area (Å²) in [4.78, 5) is 32.8. The van der Waals surface area contributed by atoms with Crippen molar-refractivity contribution in [2.75, 3.05) is 6.61 Å². The first-order valence-corrected chi connectivity index (χ1v) is 8.93. The molecule has 6 heteroatoms. The number of aromatic nitrogens is 2. The number of hydrogen-bond donors (Lipinski definition) is 1. The number of pyridine rings is 1. The van der Waals surface area contributed by atoms with Crippen molar-refractivity contribution in [1.29, 1.82) is 0 Å². The summed E-state index contributed by atoms with van der Waals surface area (Å²) in [5.41, 5.74) is 2.08. The molecule has 0 aliphatic heterocycles. The second-order valence-electron chi connectivity index (χ2n) is 6.22. The topological polar surface area (TPSA) is 72.1 Å². The molecule has 3 rings (SSSR count). The molecule has 1 N–H and O–H groups in total. The predicted octanol–water partition coefficient (Wildman–Crippen LogP) is 3.99. The second kappa shape index (κ2) is 8.12. The zero-order valence-electron chi connectivity index (χ0n) is 15.2. The van der Waals surface area contributed by atoms with Crippen molar-refractivity contribution in [3.8, 4) is 0 Å². The summed E-state index contributed by atoms with van der Waals surface area (Å²) in [5.74, 6) is -2.79. The average Bonchev–Trinajstić information content (AvgIpc) is 3.10. The molecular formula is C21H21FN2O3. The minimum atomic E-state index is -1.01. The van der Waals surface area contributed by atoms with Crippen LogP contribution < -0.4 is 0 Å². The van der Waals surface area contributed by atoms with E-state index in [1.165, 1.54) is 12.1 Å². The molecule has 3 aromatic rings.